The molecule has 1 aromatic heterocycles. The predicted octanol–water partition coefficient (Wildman–Crippen LogP) is 1.05. The summed E-state index contributed by atoms with van der Waals surface area (Å²) in [6.07, 6.45) is -0.473. The number of hydrogen-bond acceptors (Lipinski definition) is 3. The molecule has 1 heterocycles. The van der Waals surface area contributed by atoms with E-state index in [1.807, 2.05) is 19.1 Å². The quantitative estimate of drug-likeness (QED) is 0.674. The zero-order chi connectivity index (χ0) is 7.56. The molecule has 0 aromatic carbocycles. The normalized spacial score (nSPS) is 13.5. The van der Waals surface area contributed by atoms with Gasteiger partial charge in [-0.1, -0.05) is 0 Å². The standard InChI is InChI=1S/C7H11NOS/c1-5-2-3-7(10-5)6(9)4-8/h2-3,6,9H,4,8H2,1H3/t6-/m0/s1. The highest BCUT2D eigenvalue weighted by Gasteiger charge is 2.05. The van der Waals surface area contributed by atoms with Gasteiger partial charge in [0.2, 0.25) is 0 Å². The van der Waals surface area contributed by atoms with Gasteiger partial charge >= 0.3 is 0 Å². The van der Waals surface area contributed by atoms with Crippen LogP contribution >= 0.6 is 11.3 Å². The van der Waals surface area contributed by atoms with Crippen LogP contribution in [-0.2, 0) is 0 Å². The van der Waals surface area contributed by atoms with Crippen LogP contribution in [0.2, 0.25) is 0 Å². The summed E-state index contributed by atoms with van der Waals surface area (Å²) in [5, 5.41) is 9.23. The van der Waals surface area contributed by atoms with E-state index in [2.05, 4.69) is 0 Å². The highest BCUT2D eigenvalue weighted by Crippen LogP contribution is 2.21. The van der Waals surface area contributed by atoms with Crippen molar-refractivity contribution < 1.29 is 5.11 Å². The zero-order valence-electron chi connectivity index (χ0n) is 5.87. The van der Waals surface area contributed by atoms with Gasteiger partial charge in [-0.25, -0.2) is 0 Å². The van der Waals surface area contributed by atoms with Crippen molar-refractivity contribution in [3.63, 3.8) is 0 Å². The molecular formula is C7H11NOS. The topological polar surface area (TPSA) is 46.2 Å². The van der Waals surface area contributed by atoms with Crippen molar-refractivity contribution in [2.24, 2.45) is 5.73 Å². The largest absolute Gasteiger partial charge is 0.386 e. The monoisotopic (exact) mass is 157 g/mol. The molecule has 0 spiro atoms. The van der Waals surface area contributed by atoms with Gasteiger partial charge in [-0.15, -0.1) is 11.3 Å². The third-order valence-electron chi connectivity index (χ3n) is 1.31. The number of aliphatic hydroxyl groups is 1. The Bertz CT molecular complexity index is 209. The number of thiophene rings is 1. The van der Waals surface area contributed by atoms with Crippen molar-refractivity contribution >= 4 is 11.3 Å². The van der Waals surface area contributed by atoms with Crippen LogP contribution in [0, 0.1) is 6.92 Å². The molecule has 0 saturated carbocycles. The number of aryl methyl sites for hydroxylation is 1. The zero-order valence-corrected chi connectivity index (χ0v) is 6.69. The Hall–Kier alpha value is -0.380. The summed E-state index contributed by atoms with van der Waals surface area (Å²) in [6.45, 7) is 2.32. The van der Waals surface area contributed by atoms with Crippen molar-refractivity contribution in [2.45, 2.75) is 13.0 Å². The molecule has 0 fully saturated rings. The lowest BCUT2D eigenvalue weighted by atomic mass is 10.3. The van der Waals surface area contributed by atoms with Crippen molar-refractivity contribution in [1.82, 2.24) is 0 Å². The van der Waals surface area contributed by atoms with Gasteiger partial charge in [0, 0.05) is 16.3 Å². The molecule has 0 saturated heterocycles. The van der Waals surface area contributed by atoms with Gasteiger partial charge in [0.1, 0.15) is 6.10 Å². The van der Waals surface area contributed by atoms with Gasteiger partial charge in [0.25, 0.3) is 0 Å². The van der Waals surface area contributed by atoms with Crippen LogP contribution in [0.4, 0.5) is 0 Å². The van der Waals surface area contributed by atoms with Crippen LogP contribution in [-0.4, -0.2) is 11.7 Å². The van der Waals surface area contributed by atoms with Crippen molar-refractivity contribution in [1.29, 1.82) is 0 Å². The average Bonchev–Trinajstić information content (AvgIpc) is 2.34. The Balaban J connectivity index is 2.74. The van der Waals surface area contributed by atoms with Crippen molar-refractivity contribution in [3.8, 4) is 0 Å². The van der Waals surface area contributed by atoms with Crippen LogP contribution in [0.15, 0.2) is 12.1 Å². The Labute approximate surface area is 64.3 Å². The lowest BCUT2D eigenvalue weighted by molar-refractivity contribution is 0.190. The Morgan fingerprint density at radius 3 is 2.80 bits per heavy atom. The summed E-state index contributed by atoms with van der Waals surface area (Å²) < 4.78 is 0. The van der Waals surface area contributed by atoms with E-state index < -0.39 is 6.10 Å². The van der Waals surface area contributed by atoms with Crippen LogP contribution < -0.4 is 5.73 Å². The number of hydrogen-bond donors (Lipinski definition) is 2. The lowest BCUT2D eigenvalue weighted by Crippen LogP contribution is -2.09. The van der Waals surface area contributed by atoms with E-state index in [1.54, 1.807) is 11.3 Å². The molecule has 0 amide bonds. The molecule has 56 valence electrons. The molecule has 10 heavy (non-hydrogen) atoms. The van der Waals surface area contributed by atoms with E-state index in [0.717, 1.165) is 4.88 Å². The second kappa shape index (κ2) is 3.14. The van der Waals surface area contributed by atoms with E-state index in [0.29, 0.717) is 6.54 Å². The van der Waals surface area contributed by atoms with Gasteiger partial charge in [-0.3, -0.25) is 0 Å². The predicted molar refractivity (Wildman–Crippen MR) is 43.1 cm³/mol. The van der Waals surface area contributed by atoms with Crippen LogP contribution in [0.3, 0.4) is 0 Å². The summed E-state index contributed by atoms with van der Waals surface area (Å²) in [7, 11) is 0. The van der Waals surface area contributed by atoms with Crippen molar-refractivity contribution in [2.75, 3.05) is 6.54 Å². The average molecular weight is 157 g/mol. The van der Waals surface area contributed by atoms with E-state index in [1.165, 1.54) is 4.88 Å². The number of rotatable bonds is 2. The first-order valence-corrected chi connectivity index (χ1v) is 4.00. The second-order valence-electron chi connectivity index (χ2n) is 2.20. The molecule has 0 unspecified atom stereocenters. The van der Waals surface area contributed by atoms with Crippen LogP contribution in [0.25, 0.3) is 0 Å². The molecule has 3 heteroatoms. The minimum atomic E-state index is -0.473. The fourth-order valence-corrected chi connectivity index (χ4v) is 1.62. The first-order valence-electron chi connectivity index (χ1n) is 3.18. The Kier molecular flexibility index (Phi) is 2.43. The summed E-state index contributed by atoms with van der Waals surface area (Å²) in [4.78, 5) is 2.17. The van der Waals surface area contributed by atoms with E-state index in [4.69, 9.17) is 5.73 Å². The highest BCUT2D eigenvalue weighted by molar-refractivity contribution is 7.12. The first-order chi connectivity index (χ1) is 4.74. The van der Waals surface area contributed by atoms with Gasteiger partial charge in [-0.05, 0) is 19.1 Å². The summed E-state index contributed by atoms with van der Waals surface area (Å²) in [5.41, 5.74) is 5.27. The van der Waals surface area contributed by atoms with Gasteiger partial charge in [-0.2, -0.15) is 0 Å². The first kappa shape index (κ1) is 7.72. The van der Waals surface area contributed by atoms with Gasteiger partial charge < -0.3 is 10.8 Å². The molecule has 0 aliphatic heterocycles. The fourth-order valence-electron chi connectivity index (χ4n) is 0.749. The molecular weight excluding hydrogens is 146 g/mol. The maximum atomic E-state index is 9.23. The minimum Gasteiger partial charge on any atom is -0.386 e. The highest BCUT2D eigenvalue weighted by atomic mass is 32.1. The van der Waals surface area contributed by atoms with Gasteiger partial charge in [0.05, 0.1) is 0 Å². The van der Waals surface area contributed by atoms with Crippen molar-refractivity contribution in [3.05, 3.63) is 21.9 Å². The minimum absolute atomic E-state index is 0.306. The molecule has 1 aromatic rings. The molecule has 0 radical (unpaired) electrons. The molecule has 0 aliphatic carbocycles. The SMILES string of the molecule is Cc1ccc([C@@H](O)CN)s1. The van der Waals surface area contributed by atoms with Crippen LogP contribution in [0.1, 0.15) is 15.9 Å². The second-order valence-corrected chi connectivity index (χ2v) is 3.52. The summed E-state index contributed by atoms with van der Waals surface area (Å²) in [5.74, 6) is 0. The molecule has 2 nitrogen and oxygen atoms in total. The number of nitrogens with two attached hydrogens (primary N) is 1. The molecule has 1 atom stereocenters. The Morgan fingerprint density at radius 1 is 1.70 bits per heavy atom. The maximum Gasteiger partial charge on any atom is 0.100 e. The third-order valence-corrected chi connectivity index (χ3v) is 2.41. The fraction of sp³-hybridized carbons (Fsp3) is 0.429. The molecule has 0 bridgehead atoms. The molecule has 0 aliphatic rings. The van der Waals surface area contributed by atoms with Gasteiger partial charge in [0.15, 0.2) is 0 Å². The Morgan fingerprint density at radius 2 is 2.40 bits per heavy atom. The molecule has 1 rings (SSSR count). The molecule has 3 N–H and O–H groups in total. The third kappa shape index (κ3) is 1.56. The van der Waals surface area contributed by atoms with E-state index in [9.17, 15) is 5.11 Å². The summed E-state index contributed by atoms with van der Waals surface area (Å²) >= 11 is 1.59. The number of aliphatic hydroxyl groups excluding tert-OH is 1. The summed E-state index contributed by atoms with van der Waals surface area (Å²) in [6, 6.07) is 3.90. The van der Waals surface area contributed by atoms with E-state index >= 15 is 0 Å². The maximum absolute atomic E-state index is 9.23. The van der Waals surface area contributed by atoms with Crippen LogP contribution in [0.5, 0.6) is 0 Å². The smallest absolute Gasteiger partial charge is 0.100 e. The van der Waals surface area contributed by atoms with E-state index in [-0.39, 0.29) is 0 Å². The lowest BCUT2D eigenvalue weighted by Gasteiger charge is -2.01.